The van der Waals surface area contributed by atoms with Crippen molar-refractivity contribution in [3.63, 3.8) is 0 Å². The van der Waals surface area contributed by atoms with Crippen LogP contribution in [0.4, 0.5) is 4.79 Å². The number of fused-ring (bicyclic) bond motifs is 1. The van der Waals surface area contributed by atoms with Crippen molar-refractivity contribution in [2.45, 2.75) is 44.8 Å². The van der Waals surface area contributed by atoms with Crippen LogP contribution in [0.3, 0.4) is 0 Å². The molecule has 0 N–H and O–H groups in total. The van der Waals surface area contributed by atoms with E-state index in [1.165, 1.54) is 4.90 Å². The maximum absolute atomic E-state index is 12.4. The molecule has 0 saturated carbocycles. The molecule has 19 heavy (non-hydrogen) atoms. The maximum atomic E-state index is 12.4. The van der Waals surface area contributed by atoms with Gasteiger partial charge in [0.2, 0.25) is 0 Å². The second-order valence-corrected chi connectivity index (χ2v) is 5.23. The number of hydrogen-bond acceptors (Lipinski definition) is 4. The fraction of sp³-hybridized carbons (Fsp3) is 0.769. The molecule has 2 aliphatic heterocycles. The molecule has 1 fully saturated rings. The molecule has 0 unspecified atom stereocenters. The van der Waals surface area contributed by atoms with Crippen LogP contribution in [-0.4, -0.2) is 65.8 Å². The third-order valence-electron chi connectivity index (χ3n) is 3.81. The molecule has 2 aliphatic rings. The van der Waals surface area contributed by atoms with Crippen LogP contribution in [0, 0.1) is 0 Å². The molecular formula is C13H22N4O2. The summed E-state index contributed by atoms with van der Waals surface area (Å²) in [5.74, 6) is -0.121. The van der Waals surface area contributed by atoms with Crippen LogP contribution in [0.15, 0.2) is 4.99 Å². The zero-order chi connectivity index (χ0) is 14.0. The molecule has 0 aromatic rings. The van der Waals surface area contributed by atoms with Gasteiger partial charge in [0.05, 0.1) is 6.34 Å². The van der Waals surface area contributed by atoms with E-state index in [-0.39, 0.29) is 24.1 Å². The fourth-order valence-electron chi connectivity index (χ4n) is 2.61. The van der Waals surface area contributed by atoms with Gasteiger partial charge in [0.1, 0.15) is 0 Å². The van der Waals surface area contributed by atoms with Crippen molar-refractivity contribution in [3.8, 4) is 0 Å². The van der Waals surface area contributed by atoms with Gasteiger partial charge in [0.25, 0.3) is 5.91 Å². The number of urea groups is 1. The standard InChI is InChI=1S/C13H22N4O2/c1-4-5-6-7-8-17-12(18)10-11(14-9-15(10)2)16(3)13(17)19/h9-11H,4-8H2,1-3H3/t10-,11+/m0/s1. The van der Waals surface area contributed by atoms with Crippen molar-refractivity contribution in [1.82, 2.24) is 14.7 Å². The molecule has 0 radical (unpaired) electrons. The van der Waals surface area contributed by atoms with Crippen molar-refractivity contribution in [2.75, 3.05) is 20.6 Å². The summed E-state index contributed by atoms with van der Waals surface area (Å²) >= 11 is 0. The van der Waals surface area contributed by atoms with Crippen LogP contribution in [0.5, 0.6) is 0 Å². The van der Waals surface area contributed by atoms with Gasteiger partial charge in [-0.1, -0.05) is 26.2 Å². The van der Waals surface area contributed by atoms with Gasteiger partial charge in [-0.05, 0) is 6.42 Å². The summed E-state index contributed by atoms with van der Waals surface area (Å²) in [7, 11) is 3.53. The van der Waals surface area contributed by atoms with Gasteiger partial charge in [-0.3, -0.25) is 9.69 Å². The number of carbonyl (C=O) groups excluding carboxylic acids is 2. The van der Waals surface area contributed by atoms with E-state index in [2.05, 4.69) is 11.9 Å². The lowest BCUT2D eigenvalue weighted by molar-refractivity contribution is -0.137. The molecular weight excluding hydrogens is 244 g/mol. The summed E-state index contributed by atoms with van der Waals surface area (Å²) in [5.41, 5.74) is 0. The fourth-order valence-corrected chi connectivity index (χ4v) is 2.61. The molecule has 0 aromatic carbocycles. The topological polar surface area (TPSA) is 56.2 Å². The Morgan fingerprint density at radius 3 is 2.63 bits per heavy atom. The molecule has 0 bridgehead atoms. The van der Waals surface area contributed by atoms with Crippen LogP contribution in [-0.2, 0) is 4.79 Å². The van der Waals surface area contributed by atoms with Crippen LogP contribution >= 0.6 is 0 Å². The smallest absolute Gasteiger partial charge is 0.328 e. The Morgan fingerprint density at radius 2 is 1.95 bits per heavy atom. The van der Waals surface area contributed by atoms with Gasteiger partial charge in [0, 0.05) is 20.6 Å². The minimum atomic E-state index is -0.364. The number of likely N-dealkylation sites (N-methyl/N-ethyl adjacent to an activating group) is 2. The molecule has 2 heterocycles. The Bertz CT molecular complexity index is 396. The minimum absolute atomic E-state index is 0.121. The highest BCUT2D eigenvalue weighted by atomic mass is 16.2. The number of nitrogens with zero attached hydrogens (tertiary/aromatic N) is 4. The Kier molecular flexibility index (Phi) is 4.07. The van der Waals surface area contributed by atoms with E-state index in [4.69, 9.17) is 0 Å². The summed E-state index contributed by atoms with van der Waals surface area (Å²) in [6, 6.07) is -0.580. The zero-order valence-corrected chi connectivity index (χ0v) is 11.9. The molecule has 6 heteroatoms. The van der Waals surface area contributed by atoms with Gasteiger partial charge in [-0.25, -0.2) is 9.79 Å². The molecule has 3 amide bonds. The summed E-state index contributed by atoms with van der Waals surface area (Å²) < 4.78 is 0. The van der Waals surface area contributed by atoms with Gasteiger partial charge in [0.15, 0.2) is 12.2 Å². The van der Waals surface area contributed by atoms with E-state index >= 15 is 0 Å². The molecule has 2 rings (SSSR count). The highest BCUT2D eigenvalue weighted by Gasteiger charge is 2.48. The lowest BCUT2D eigenvalue weighted by Gasteiger charge is -2.40. The summed E-state index contributed by atoms with van der Waals surface area (Å²) in [4.78, 5) is 33.5. The van der Waals surface area contributed by atoms with Crippen LogP contribution in [0.25, 0.3) is 0 Å². The van der Waals surface area contributed by atoms with Crippen molar-refractivity contribution >= 4 is 18.3 Å². The Morgan fingerprint density at radius 1 is 1.21 bits per heavy atom. The second kappa shape index (κ2) is 5.59. The molecule has 2 atom stereocenters. The summed E-state index contributed by atoms with van der Waals surface area (Å²) in [6.45, 7) is 2.65. The number of amides is 3. The SMILES string of the molecule is CCCCCCN1C(=O)[C@@H]2[C@H](N=CN2C)N(C)C1=O. The first-order chi connectivity index (χ1) is 9.07. The molecule has 6 nitrogen and oxygen atoms in total. The average Bonchev–Trinajstić information content (AvgIpc) is 2.77. The quantitative estimate of drug-likeness (QED) is 0.701. The highest BCUT2D eigenvalue weighted by molar-refractivity contribution is 6.01. The third kappa shape index (κ3) is 2.43. The normalized spacial score (nSPS) is 26.4. The molecule has 0 spiro atoms. The molecule has 106 valence electrons. The number of rotatable bonds is 5. The first-order valence-corrected chi connectivity index (χ1v) is 6.91. The first-order valence-electron chi connectivity index (χ1n) is 6.91. The number of aliphatic imine (C=N–C) groups is 1. The second-order valence-electron chi connectivity index (χ2n) is 5.23. The predicted molar refractivity (Wildman–Crippen MR) is 72.8 cm³/mol. The van der Waals surface area contributed by atoms with Crippen molar-refractivity contribution in [2.24, 2.45) is 4.99 Å². The van der Waals surface area contributed by atoms with Gasteiger partial charge < -0.3 is 9.80 Å². The molecule has 1 saturated heterocycles. The average molecular weight is 266 g/mol. The Labute approximate surface area is 114 Å². The summed E-state index contributed by atoms with van der Waals surface area (Å²) in [6.07, 6.45) is 5.48. The van der Waals surface area contributed by atoms with Crippen LogP contribution < -0.4 is 0 Å². The van der Waals surface area contributed by atoms with E-state index in [0.717, 1.165) is 25.7 Å². The molecule has 0 aliphatic carbocycles. The van der Waals surface area contributed by atoms with E-state index in [0.29, 0.717) is 6.54 Å². The third-order valence-corrected chi connectivity index (χ3v) is 3.81. The van der Waals surface area contributed by atoms with Crippen molar-refractivity contribution in [3.05, 3.63) is 0 Å². The van der Waals surface area contributed by atoms with E-state index in [1.54, 1.807) is 23.2 Å². The van der Waals surface area contributed by atoms with E-state index in [9.17, 15) is 9.59 Å². The van der Waals surface area contributed by atoms with Crippen molar-refractivity contribution < 1.29 is 9.59 Å². The zero-order valence-electron chi connectivity index (χ0n) is 11.9. The maximum Gasteiger partial charge on any atom is 0.328 e. The van der Waals surface area contributed by atoms with Gasteiger partial charge in [-0.15, -0.1) is 0 Å². The lowest BCUT2D eigenvalue weighted by Crippen LogP contribution is -2.64. The van der Waals surface area contributed by atoms with Gasteiger partial charge in [-0.2, -0.15) is 0 Å². The van der Waals surface area contributed by atoms with Crippen LogP contribution in [0.2, 0.25) is 0 Å². The Hall–Kier alpha value is -1.59. The highest BCUT2D eigenvalue weighted by Crippen LogP contribution is 2.24. The summed E-state index contributed by atoms with van der Waals surface area (Å²) in [5, 5.41) is 0. The van der Waals surface area contributed by atoms with E-state index in [1.807, 2.05) is 7.05 Å². The van der Waals surface area contributed by atoms with Gasteiger partial charge >= 0.3 is 6.03 Å². The molecule has 0 aromatic heterocycles. The number of imide groups is 1. The minimum Gasteiger partial charge on any atom is -0.351 e. The number of unbranched alkanes of at least 4 members (excludes halogenated alkanes) is 3. The lowest BCUT2D eigenvalue weighted by atomic mass is 10.1. The monoisotopic (exact) mass is 266 g/mol. The predicted octanol–water partition coefficient (Wildman–Crippen LogP) is 1.13. The van der Waals surface area contributed by atoms with E-state index < -0.39 is 0 Å². The largest absolute Gasteiger partial charge is 0.351 e. The number of hydrogen-bond donors (Lipinski definition) is 0. The Balaban J connectivity index is 2.03. The van der Waals surface area contributed by atoms with Crippen molar-refractivity contribution in [1.29, 1.82) is 0 Å². The van der Waals surface area contributed by atoms with Crippen LogP contribution in [0.1, 0.15) is 32.6 Å². The number of carbonyl (C=O) groups is 2. The first kappa shape index (κ1) is 13.8.